The van der Waals surface area contributed by atoms with Crippen molar-refractivity contribution < 1.29 is 4.42 Å². The van der Waals surface area contributed by atoms with E-state index in [1.165, 1.54) is 36.0 Å². The number of anilines is 3. The van der Waals surface area contributed by atoms with Gasteiger partial charge in [0.15, 0.2) is 0 Å². The Labute approximate surface area is 273 Å². The van der Waals surface area contributed by atoms with E-state index < -0.39 is 0 Å². The fourth-order valence-corrected chi connectivity index (χ4v) is 8.47. The second kappa shape index (κ2) is 10.7. The average molecular weight is 625 g/mol. The number of benzene rings is 6. The SMILES string of the molecule is N#Cc1ccc2c(c1)sc1cc(N(c3ccc(-c4cc5ccccc5o4)cc3)c3ccc(-c4cc5ccccc5s4)cc3)ccc12. The van der Waals surface area contributed by atoms with Gasteiger partial charge in [-0.3, -0.25) is 0 Å². The van der Waals surface area contributed by atoms with E-state index in [0.717, 1.165) is 44.1 Å². The van der Waals surface area contributed by atoms with E-state index in [9.17, 15) is 5.26 Å². The van der Waals surface area contributed by atoms with Crippen LogP contribution in [0.15, 0.2) is 150 Å². The molecule has 5 heteroatoms. The van der Waals surface area contributed by atoms with E-state index in [4.69, 9.17) is 4.42 Å². The Morgan fingerprint density at radius 2 is 1.17 bits per heavy atom. The third-order valence-electron chi connectivity index (χ3n) is 8.52. The summed E-state index contributed by atoms with van der Waals surface area (Å²) < 4.78 is 9.77. The largest absolute Gasteiger partial charge is 0.456 e. The van der Waals surface area contributed by atoms with Gasteiger partial charge in [0, 0.05) is 57.8 Å². The third-order valence-corrected chi connectivity index (χ3v) is 10.8. The second-order valence-electron chi connectivity index (χ2n) is 11.3. The molecule has 216 valence electrons. The van der Waals surface area contributed by atoms with Crippen LogP contribution in [0.1, 0.15) is 5.56 Å². The van der Waals surface area contributed by atoms with Gasteiger partial charge in [0.1, 0.15) is 11.3 Å². The number of nitrogens with zero attached hydrogens (tertiary/aromatic N) is 2. The first-order valence-electron chi connectivity index (χ1n) is 15.0. The molecule has 0 aliphatic heterocycles. The first kappa shape index (κ1) is 26.7. The van der Waals surface area contributed by atoms with Gasteiger partial charge in [0.25, 0.3) is 0 Å². The Morgan fingerprint density at radius 3 is 1.91 bits per heavy atom. The first-order valence-corrected chi connectivity index (χ1v) is 16.7. The highest BCUT2D eigenvalue weighted by Crippen LogP contribution is 2.42. The molecule has 3 aromatic heterocycles. The molecule has 3 nitrogen and oxygen atoms in total. The summed E-state index contributed by atoms with van der Waals surface area (Å²) in [6.07, 6.45) is 0. The van der Waals surface area contributed by atoms with Gasteiger partial charge >= 0.3 is 0 Å². The van der Waals surface area contributed by atoms with Gasteiger partial charge in [0.05, 0.1) is 11.6 Å². The highest BCUT2D eigenvalue weighted by Gasteiger charge is 2.16. The average Bonchev–Trinajstić information content (AvgIpc) is 3.83. The molecule has 0 aliphatic rings. The molecule has 0 N–H and O–H groups in total. The molecule has 46 heavy (non-hydrogen) atoms. The summed E-state index contributed by atoms with van der Waals surface area (Å²) in [5, 5.41) is 14.2. The van der Waals surface area contributed by atoms with Crippen LogP contribution in [0.4, 0.5) is 17.1 Å². The van der Waals surface area contributed by atoms with Crippen LogP contribution in [-0.4, -0.2) is 0 Å². The monoisotopic (exact) mass is 624 g/mol. The number of para-hydroxylation sites is 1. The molecule has 0 unspecified atom stereocenters. The maximum absolute atomic E-state index is 9.44. The summed E-state index contributed by atoms with van der Waals surface area (Å²) in [6, 6.07) is 53.4. The molecule has 0 saturated carbocycles. The smallest absolute Gasteiger partial charge is 0.135 e. The van der Waals surface area contributed by atoms with Crippen molar-refractivity contribution in [2.24, 2.45) is 0 Å². The summed E-state index contributed by atoms with van der Waals surface area (Å²) in [4.78, 5) is 3.57. The molecule has 0 spiro atoms. The molecule has 6 aromatic carbocycles. The van der Waals surface area contributed by atoms with Crippen LogP contribution in [0.25, 0.3) is 63.0 Å². The van der Waals surface area contributed by atoms with E-state index >= 15 is 0 Å². The fraction of sp³-hybridized carbons (Fsp3) is 0. The molecule has 0 saturated heterocycles. The predicted octanol–water partition coefficient (Wildman–Crippen LogP) is 12.7. The number of fused-ring (bicyclic) bond motifs is 5. The van der Waals surface area contributed by atoms with Crippen molar-refractivity contribution in [3.63, 3.8) is 0 Å². The Bertz CT molecular complexity index is 2420. The minimum Gasteiger partial charge on any atom is -0.456 e. The number of nitriles is 1. The van der Waals surface area contributed by atoms with E-state index in [0.29, 0.717) is 5.56 Å². The van der Waals surface area contributed by atoms with Crippen molar-refractivity contribution in [1.82, 2.24) is 0 Å². The molecule has 0 aliphatic carbocycles. The summed E-state index contributed by atoms with van der Waals surface area (Å²) in [6.45, 7) is 0. The van der Waals surface area contributed by atoms with Crippen LogP contribution < -0.4 is 4.90 Å². The number of furan rings is 1. The number of rotatable bonds is 5. The van der Waals surface area contributed by atoms with Gasteiger partial charge in [-0.1, -0.05) is 60.7 Å². The van der Waals surface area contributed by atoms with Gasteiger partial charge in [0.2, 0.25) is 0 Å². The van der Waals surface area contributed by atoms with Crippen LogP contribution >= 0.6 is 22.7 Å². The van der Waals surface area contributed by atoms with Crippen molar-refractivity contribution in [3.05, 3.63) is 151 Å². The zero-order valence-electron chi connectivity index (χ0n) is 24.5. The lowest BCUT2D eigenvalue weighted by Crippen LogP contribution is -2.09. The Kier molecular flexibility index (Phi) is 6.24. The standard InChI is InChI=1S/C41H24N2OS2/c42-25-26-9-19-34-35-20-18-33(24-41(35)46-40(34)21-26)43(31-14-10-27(11-15-31)37-22-29-5-1-3-7-36(29)44-37)32-16-12-28(13-17-32)39-23-30-6-2-4-8-38(30)45-39/h1-24H. The molecule has 0 fully saturated rings. The van der Waals surface area contributed by atoms with Crippen LogP contribution in [0.2, 0.25) is 0 Å². The Hall–Kier alpha value is -5.67. The van der Waals surface area contributed by atoms with Crippen molar-refractivity contribution in [2.75, 3.05) is 4.90 Å². The van der Waals surface area contributed by atoms with Crippen molar-refractivity contribution in [3.8, 4) is 27.8 Å². The molecule has 3 heterocycles. The van der Waals surface area contributed by atoms with E-state index in [-0.39, 0.29) is 0 Å². The third kappa shape index (κ3) is 4.55. The topological polar surface area (TPSA) is 40.2 Å². The molecular weight excluding hydrogens is 601 g/mol. The predicted molar refractivity (Wildman–Crippen MR) is 195 cm³/mol. The molecule has 0 bridgehead atoms. The highest BCUT2D eigenvalue weighted by atomic mass is 32.1. The normalized spacial score (nSPS) is 11.5. The van der Waals surface area contributed by atoms with Gasteiger partial charge in [-0.25, -0.2) is 0 Å². The molecule has 0 radical (unpaired) electrons. The summed E-state index contributed by atoms with van der Waals surface area (Å²) in [7, 11) is 0. The number of hydrogen-bond donors (Lipinski definition) is 0. The number of hydrogen-bond acceptors (Lipinski definition) is 5. The van der Waals surface area contributed by atoms with E-state index in [2.05, 4.69) is 126 Å². The Balaban J connectivity index is 1.14. The molecule has 0 amide bonds. The number of thiophene rings is 2. The lowest BCUT2D eigenvalue weighted by molar-refractivity contribution is 0.631. The maximum atomic E-state index is 9.44. The summed E-state index contributed by atoms with van der Waals surface area (Å²) in [5.74, 6) is 0.857. The van der Waals surface area contributed by atoms with Gasteiger partial charge < -0.3 is 9.32 Å². The van der Waals surface area contributed by atoms with E-state index in [1.807, 2.05) is 41.7 Å². The lowest BCUT2D eigenvalue weighted by Gasteiger charge is -2.26. The zero-order valence-corrected chi connectivity index (χ0v) is 26.1. The van der Waals surface area contributed by atoms with Gasteiger partial charge in [-0.15, -0.1) is 22.7 Å². The fourth-order valence-electron chi connectivity index (χ4n) is 6.22. The van der Waals surface area contributed by atoms with Crippen molar-refractivity contribution >= 4 is 81.0 Å². The summed E-state index contributed by atoms with van der Waals surface area (Å²) >= 11 is 3.55. The molecule has 9 rings (SSSR count). The first-order chi connectivity index (χ1) is 22.7. The molecular formula is C41H24N2OS2. The van der Waals surface area contributed by atoms with Crippen LogP contribution in [-0.2, 0) is 0 Å². The minimum absolute atomic E-state index is 0.684. The van der Waals surface area contributed by atoms with Crippen LogP contribution in [0.5, 0.6) is 0 Å². The van der Waals surface area contributed by atoms with Crippen molar-refractivity contribution in [1.29, 1.82) is 5.26 Å². The van der Waals surface area contributed by atoms with Crippen LogP contribution in [0.3, 0.4) is 0 Å². The lowest BCUT2D eigenvalue weighted by atomic mass is 10.1. The molecule has 0 atom stereocenters. The quantitative estimate of drug-likeness (QED) is 0.191. The Morgan fingerprint density at radius 1 is 0.522 bits per heavy atom. The van der Waals surface area contributed by atoms with E-state index in [1.54, 1.807) is 11.3 Å². The molecule has 9 aromatic rings. The maximum Gasteiger partial charge on any atom is 0.135 e. The highest BCUT2D eigenvalue weighted by molar-refractivity contribution is 7.25. The van der Waals surface area contributed by atoms with Crippen LogP contribution in [0, 0.1) is 11.3 Å². The minimum atomic E-state index is 0.684. The van der Waals surface area contributed by atoms with Gasteiger partial charge in [-0.2, -0.15) is 5.26 Å². The van der Waals surface area contributed by atoms with Crippen molar-refractivity contribution in [2.45, 2.75) is 0 Å². The zero-order chi connectivity index (χ0) is 30.6. The van der Waals surface area contributed by atoms with Gasteiger partial charge in [-0.05, 0) is 95.9 Å². The second-order valence-corrected chi connectivity index (χ2v) is 13.5. The summed E-state index contributed by atoms with van der Waals surface area (Å²) in [5.41, 5.74) is 7.03.